The number of hydrogen-bond donors (Lipinski definition) is 0. The molecule has 1 aromatic carbocycles. The van der Waals surface area contributed by atoms with Gasteiger partial charge >= 0.3 is 0 Å². The molecule has 0 saturated carbocycles. The van der Waals surface area contributed by atoms with Crippen LogP contribution < -0.4 is 4.90 Å². The minimum Gasteiger partial charge on any atom is -0.376 e. The minimum absolute atomic E-state index is 0.0170. The molecule has 0 aliphatic carbocycles. The quantitative estimate of drug-likeness (QED) is 0.661. The van der Waals surface area contributed by atoms with Crippen LogP contribution in [0.3, 0.4) is 0 Å². The molecule has 0 bridgehead atoms. The van der Waals surface area contributed by atoms with Crippen molar-refractivity contribution in [1.29, 1.82) is 0 Å². The summed E-state index contributed by atoms with van der Waals surface area (Å²) in [6.45, 7) is 6.68. The number of anilines is 1. The fourth-order valence-corrected chi connectivity index (χ4v) is 4.39. The fraction of sp³-hybridized carbons (Fsp3) is 0.500. The fourth-order valence-electron chi connectivity index (χ4n) is 4.39. The van der Waals surface area contributed by atoms with Crippen LogP contribution in [0.4, 0.5) is 5.69 Å². The second-order valence-electron chi connectivity index (χ2n) is 8.38. The van der Waals surface area contributed by atoms with Crippen molar-refractivity contribution in [2.75, 3.05) is 50.8 Å². The number of amides is 2. The van der Waals surface area contributed by atoms with Gasteiger partial charge in [0, 0.05) is 70.4 Å². The first kappa shape index (κ1) is 22.2. The van der Waals surface area contributed by atoms with E-state index in [9.17, 15) is 9.59 Å². The van der Waals surface area contributed by atoms with E-state index in [1.807, 2.05) is 11.0 Å². The van der Waals surface area contributed by atoms with Gasteiger partial charge < -0.3 is 19.4 Å². The van der Waals surface area contributed by atoms with Gasteiger partial charge in [-0.3, -0.25) is 14.6 Å². The van der Waals surface area contributed by atoms with Gasteiger partial charge in [0.15, 0.2) is 0 Å². The summed E-state index contributed by atoms with van der Waals surface area (Å²) >= 11 is 0. The van der Waals surface area contributed by atoms with Crippen LogP contribution in [0.25, 0.3) is 0 Å². The zero-order chi connectivity index (χ0) is 22.3. The van der Waals surface area contributed by atoms with Crippen molar-refractivity contribution in [2.45, 2.75) is 32.3 Å². The standard InChI is InChI=1S/C24H31N5O3/c1-19-5-2-3-7-22(19)27-12-14-28(15-13-27)23(30)8-11-29(18-20-6-4-16-32-20)24(31)21-17-25-9-10-26-21/h2-3,5,7,9-10,17,20H,4,6,8,11-16,18H2,1H3. The third-order valence-electron chi connectivity index (χ3n) is 6.20. The lowest BCUT2D eigenvalue weighted by Crippen LogP contribution is -2.49. The maximum absolute atomic E-state index is 13.0. The number of nitrogens with zero attached hydrogens (tertiary/aromatic N) is 5. The average molecular weight is 438 g/mol. The van der Waals surface area contributed by atoms with Crippen LogP contribution in [0.15, 0.2) is 42.9 Å². The Kier molecular flexibility index (Phi) is 7.32. The Morgan fingerprint density at radius 3 is 2.66 bits per heavy atom. The second kappa shape index (κ2) is 10.5. The Labute approximate surface area is 189 Å². The number of benzene rings is 1. The highest BCUT2D eigenvalue weighted by molar-refractivity contribution is 5.92. The molecule has 4 rings (SSSR count). The van der Waals surface area contributed by atoms with E-state index in [0.717, 1.165) is 32.5 Å². The highest BCUT2D eigenvalue weighted by Gasteiger charge is 2.27. The molecule has 170 valence electrons. The van der Waals surface area contributed by atoms with Crippen molar-refractivity contribution >= 4 is 17.5 Å². The number of carbonyl (C=O) groups excluding carboxylic acids is 2. The predicted octanol–water partition coefficient (Wildman–Crippen LogP) is 2.15. The summed E-state index contributed by atoms with van der Waals surface area (Å²) in [6.07, 6.45) is 6.77. The van der Waals surface area contributed by atoms with Crippen LogP contribution in [-0.4, -0.2) is 83.6 Å². The molecule has 3 heterocycles. The van der Waals surface area contributed by atoms with E-state index in [0.29, 0.717) is 38.3 Å². The second-order valence-corrected chi connectivity index (χ2v) is 8.38. The number of ether oxygens (including phenoxy) is 1. The van der Waals surface area contributed by atoms with Gasteiger partial charge in [-0.1, -0.05) is 18.2 Å². The van der Waals surface area contributed by atoms with Crippen molar-refractivity contribution < 1.29 is 14.3 Å². The third kappa shape index (κ3) is 5.43. The smallest absolute Gasteiger partial charge is 0.274 e. The number of para-hydroxylation sites is 1. The lowest BCUT2D eigenvalue weighted by Gasteiger charge is -2.37. The van der Waals surface area contributed by atoms with Gasteiger partial charge in [-0.15, -0.1) is 0 Å². The number of piperazine rings is 1. The molecule has 0 N–H and O–H groups in total. The summed E-state index contributed by atoms with van der Waals surface area (Å²) in [5.41, 5.74) is 2.78. The maximum Gasteiger partial charge on any atom is 0.274 e. The Morgan fingerprint density at radius 2 is 1.97 bits per heavy atom. The van der Waals surface area contributed by atoms with Crippen LogP contribution >= 0.6 is 0 Å². The molecule has 2 saturated heterocycles. The van der Waals surface area contributed by atoms with Crippen LogP contribution in [0, 0.1) is 6.92 Å². The molecular weight excluding hydrogens is 406 g/mol. The Bertz CT molecular complexity index is 909. The van der Waals surface area contributed by atoms with Crippen molar-refractivity contribution in [3.05, 3.63) is 54.1 Å². The van der Waals surface area contributed by atoms with Crippen LogP contribution in [0.2, 0.25) is 0 Å². The van der Waals surface area contributed by atoms with E-state index >= 15 is 0 Å². The van der Waals surface area contributed by atoms with Gasteiger partial charge in [-0.25, -0.2) is 4.98 Å². The molecule has 0 radical (unpaired) electrons. The minimum atomic E-state index is -0.203. The third-order valence-corrected chi connectivity index (χ3v) is 6.20. The number of aryl methyl sites for hydroxylation is 1. The van der Waals surface area contributed by atoms with E-state index in [1.165, 1.54) is 23.6 Å². The van der Waals surface area contributed by atoms with Gasteiger partial charge in [-0.05, 0) is 31.4 Å². The maximum atomic E-state index is 13.0. The predicted molar refractivity (Wildman–Crippen MR) is 121 cm³/mol. The molecule has 1 atom stereocenters. The Morgan fingerprint density at radius 1 is 1.16 bits per heavy atom. The number of carbonyl (C=O) groups is 2. The first-order chi connectivity index (χ1) is 15.6. The molecule has 8 nitrogen and oxygen atoms in total. The van der Waals surface area contributed by atoms with Crippen molar-refractivity contribution in [1.82, 2.24) is 19.8 Å². The molecule has 1 aromatic heterocycles. The molecule has 2 aromatic rings. The molecule has 0 spiro atoms. The van der Waals surface area contributed by atoms with Gasteiger partial charge in [0.25, 0.3) is 5.91 Å². The number of aromatic nitrogens is 2. The lowest BCUT2D eigenvalue weighted by atomic mass is 10.1. The highest BCUT2D eigenvalue weighted by Crippen LogP contribution is 2.21. The lowest BCUT2D eigenvalue weighted by molar-refractivity contribution is -0.131. The van der Waals surface area contributed by atoms with Gasteiger partial charge in [0.05, 0.1) is 12.3 Å². The Balaban J connectivity index is 1.33. The largest absolute Gasteiger partial charge is 0.376 e. The van der Waals surface area contributed by atoms with Crippen molar-refractivity contribution in [2.24, 2.45) is 0 Å². The average Bonchev–Trinajstić information content (AvgIpc) is 3.35. The summed E-state index contributed by atoms with van der Waals surface area (Å²) in [7, 11) is 0. The molecule has 2 fully saturated rings. The van der Waals surface area contributed by atoms with E-state index in [-0.39, 0.29) is 17.9 Å². The normalized spacial score (nSPS) is 18.6. The van der Waals surface area contributed by atoms with E-state index in [4.69, 9.17) is 4.74 Å². The topological polar surface area (TPSA) is 78.9 Å². The zero-order valence-corrected chi connectivity index (χ0v) is 18.7. The molecule has 2 amide bonds. The van der Waals surface area contributed by atoms with Crippen molar-refractivity contribution in [3.63, 3.8) is 0 Å². The highest BCUT2D eigenvalue weighted by atomic mass is 16.5. The van der Waals surface area contributed by atoms with Gasteiger partial charge in [0.1, 0.15) is 5.69 Å². The molecule has 32 heavy (non-hydrogen) atoms. The molecular formula is C24H31N5O3. The molecule has 1 unspecified atom stereocenters. The summed E-state index contributed by atoms with van der Waals surface area (Å²) in [6, 6.07) is 8.34. The van der Waals surface area contributed by atoms with E-state index < -0.39 is 0 Å². The summed E-state index contributed by atoms with van der Waals surface area (Å²) in [4.78, 5) is 40.0. The van der Waals surface area contributed by atoms with Gasteiger partial charge in [0.2, 0.25) is 5.91 Å². The van der Waals surface area contributed by atoms with E-state index in [2.05, 4.69) is 40.0 Å². The molecule has 2 aliphatic rings. The van der Waals surface area contributed by atoms with E-state index in [1.54, 1.807) is 11.1 Å². The summed E-state index contributed by atoms with van der Waals surface area (Å²) < 4.78 is 5.73. The first-order valence-corrected chi connectivity index (χ1v) is 11.4. The Hall–Kier alpha value is -3.00. The number of rotatable bonds is 7. The summed E-state index contributed by atoms with van der Waals surface area (Å²) in [5, 5.41) is 0. The summed E-state index contributed by atoms with van der Waals surface area (Å²) in [5.74, 6) is -0.121. The van der Waals surface area contributed by atoms with Crippen LogP contribution in [-0.2, 0) is 9.53 Å². The van der Waals surface area contributed by atoms with Crippen LogP contribution in [0.5, 0.6) is 0 Å². The van der Waals surface area contributed by atoms with Crippen molar-refractivity contribution in [3.8, 4) is 0 Å². The molecule has 8 heteroatoms. The van der Waals surface area contributed by atoms with Crippen LogP contribution in [0.1, 0.15) is 35.3 Å². The molecule has 2 aliphatic heterocycles. The first-order valence-electron chi connectivity index (χ1n) is 11.4. The monoisotopic (exact) mass is 437 g/mol. The SMILES string of the molecule is Cc1ccccc1N1CCN(C(=O)CCN(CC2CCCO2)C(=O)c2cnccn2)CC1. The number of hydrogen-bond acceptors (Lipinski definition) is 6. The van der Waals surface area contributed by atoms with Gasteiger partial charge in [-0.2, -0.15) is 0 Å². The zero-order valence-electron chi connectivity index (χ0n) is 18.7.